The number of benzene rings is 5. The van der Waals surface area contributed by atoms with Gasteiger partial charge < -0.3 is 26.3 Å². The Hall–Kier alpha value is -7.68. The molecular weight excluding hydrogens is 813 g/mol. The van der Waals surface area contributed by atoms with Gasteiger partial charge in [0.2, 0.25) is 0 Å². The molecule has 5 aromatic carbocycles. The summed E-state index contributed by atoms with van der Waals surface area (Å²) < 4.78 is 15.9. The number of rotatable bonds is 10. The van der Waals surface area contributed by atoms with E-state index in [9.17, 15) is 0 Å². The Bertz CT molecular complexity index is 2970. The van der Waals surface area contributed by atoms with Gasteiger partial charge in [0.25, 0.3) is 0 Å². The zero-order valence-electron chi connectivity index (χ0n) is 35.9. The molecule has 0 radical (unpaired) electrons. The predicted molar refractivity (Wildman–Crippen MR) is 255 cm³/mol. The van der Waals surface area contributed by atoms with E-state index in [2.05, 4.69) is 65.2 Å². The summed E-state index contributed by atoms with van der Waals surface area (Å²) in [6.07, 6.45) is 7.10. The fourth-order valence-corrected chi connectivity index (χ4v) is 8.73. The second-order valence-electron chi connectivity index (χ2n) is 16.4. The first-order valence-electron chi connectivity index (χ1n) is 22.1. The molecule has 6 heterocycles. The number of piperidine rings is 2. The molecule has 0 aliphatic carbocycles. The number of fused-ring (bicyclic) bond motifs is 2. The van der Waals surface area contributed by atoms with Gasteiger partial charge in [0, 0.05) is 30.8 Å². The van der Waals surface area contributed by atoms with Crippen LogP contribution in [0.1, 0.15) is 43.3 Å². The van der Waals surface area contributed by atoms with E-state index < -0.39 is 0 Å². The Morgan fingerprint density at radius 1 is 0.492 bits per heavy atom. The lowest BCUT2D eigenvalue weighted by molar-refractivity contribution is 0.175. The van der Waals surface area contributed by atoms with E-state index in [4.69, 9.17) is 31.1 Å². The lowest BCUT2D eigenvalue weighted by Crippen LogP contribution is -2.34. The van der Waals surface area contributed by atoms with Crippen LogP contribution in [0.5, 0.6) is 23.0 Å². The first kappa shape index (κ1) is 41.3. The molecule has 14 nitrogen and oxygen atoms in total. The monoisotopic (exact) mass is 862 g/mol. The maximum Gasteiger partial charge on any atom is 0.164 e. The minimum absolute atomic E-state index is 0.267. The van der Waals surface area contributed by atoms with Gasteiger partial charge in [-0.25, -0.2) is 29.3 Å². The highest BCUT2D eigenvalue weighted by Gasteiger charge is 2.27. The second kappa shape index (κ2) is 19.0. The summed E-state index contributed by atoms with van der Waals surface area (Å²) in [5.74, 6) is 4.05. The summed E-state index contributed by atoms with van der Waals surface area (Å²) in [6.45, 7) is 4.97. The third-order valence-electron chi connectivity index (χ3n) is 12.1. The average molecular weight is 863 g/mol. The second-order valence-corrected chi connectivity index (χ2v) is 16.4. The van der Waals surface area contributed by atoms with Crippen molar-refractivity contribution in [3.05, 3.63) is 158 Å². The van der Waals surface area contributed by atoms with Gasteiger partial charge >= 0.3 is 0 Å². The minimum Gasteiger partial charge on any atom is -0.457 e. The number of nitrogen functional groups attached to an aromatic ring is 2. The summed E-state index contributed by atoms with van der Waals surface area (Å²) in [6, 6.07) is 46.5. The Morgan fingerprint density at radius 3 is 1.37 bits per heavy atom. The highest BCUT2D eigenvalue weighted by Crippen LogP contribution is 2.37. The number of para-hydroxylation sites is 2. The number of likely N-dealkylation sites (tertiary alicyclic amines) is 1. The third kappa shape index (κ3) is 9.21. The molecule has 2 aliphatic rings. The van der Waals surface area contributed by atoms with E-state index in [-0.39, 0.29) is 6.04 Å². The van der Waals surface area contributed by atoms with Crippen LogP contribution in [-0.2, 0) is 6.54 Å². The first-order chi connectivity index (χ1) is 32.0. The molecule has 326 valence electrons. The van der Waals surface area contributed by atoms with Gasteiger partial charge in [0.05, 0.1) is 22.9 Å². The van der Waals surface area contributed by atoms with Crippen molar-refractivity contribution in [2.45, 2.75) is 44.3 Å². The first-order valence-corrected chi connectivity index (χ1v) is 22.1. The van der Waals surface area contributed by atoms with E-state index >= 15 is 0 Å². The van der Waals surface area contributed by atoms with Crippen molar-refractivity contribution in [3.8, 4) is 45.5 Å². The maximum atomic E-state index is 6.34. The van der Waals surface area contributed by atoms with Crippen LogP contribution in [0.4, 0.5) is 11.6 Å². The van der Waals surface area contributed by atoms with Crippen molar-refractivity contribution in [2.24, 2.45) is 0 Å². The van der Waals surface area contributed by atoms with Crippen molar-refractivity contribution in [1.82, 2.24) is 49.7 Å². The molecule has 0 unspecified atom stereocenters. The number of hydrogen-bond donors (Lipinski definition) is 3. The van der Waals surface area contributed by atoms with Crippen molar-refractivity contribution >= 4 is 33.7 Å². The number of nitrogens with one attached hydrogen (secondary N) is 1. The number of aromatic nitrogens is 8. The normalized spacial score (nSPS) is 14.8. The molecule has 0 amide bonds. The maximum absolute atomic E-state index is 6.34. The average Bonchev–Trinajstić information content (AvgIpc) is 3.95. The molecule has 4 aromatic heterocycles. The minimum atomic E-state index is 0.267. The summed E-state index contributed by atoms with van der Waals surface area (Å²) >= 11 is 0. The van der Waals surface area contributed by atoms with Crippen LogP contribution in [0.3, 0.4) is 0 Å². The van der Waals surface area contributed by atoms with Gasteiger partial charge in [-0.3, -0.25) is 4.90 Å². The SMILES string of the molecule is Nc1ncnc2c1c(-c1ccc(Oc3ccccc3)cc1)nn2C1CCN(Cc2ccccc2)CC1.Nc1ncnc2c1c(-c1ccc(Oc3ccccc3)cc1)nn2C1CCNCC1. The lowest BCUT2D eigenvalue weighted by atomic mass is 10.0. The zero-order chi connectivity index (χ0) is 44.0. The molecular formula is C51H50N12O2. The standard InChI is InChI=1S/C29H28N6O.C22H22N6O/c30-28-26-27(22-11-13-25(14-12-22)36-24-9-5-2-6-10-24)33-35(29(26)32-20-31-28)23-15-17-34(18-16-23)19-21-7-3-1-4-8-21;23-21-19-20(15-6-8-18(9-7-15)29-17-4-2-1-3-5-17)27-28(22(19)26-14-25-21)16-10-12-24-13-11-16/h1-14,20,23H,15-19H2,(H2,30,31,32);1-9,14,16,24H,10-13H2,(H2,23,25,26). The Labute approximate surface area is 376 Å². The highest BCUT2D eigenvalue weighted by molar-refractivity contribution is 5.99. The number of nitrogens with two attached hydrogens (primary N) is 2. The molecule has 65 heavy (non-hydrogen) atoms. The van der Waals surface area contributed by atoms with Crippen LogP contribution >= 0.6 is 0 Å². The van der Waals surface area contributed by atoms with Gasteiger partial charge in [-0.2, -0.15) is 10.2 Å². The van der Waals surface area contributed by atoms with E-state index in [0.29, 0.717) is 17.7 Å². The van der Waals surface area contributed by atoms with E-state index in [1.54, 1.807) is 0 Å². The Morgan fingerprint density at radius 2 is 0.908 bits per heavy atom. The summed E-state index contributed by atoms with van der Waals surface area (Å²) in [7, 11) is 0. The van der Waals surface area contributed by atoms with Gasteiger partial charge in [-0.1, -0.05) is 66.7 Å². The molecule has 14 heteroatoms. The van der Waals surface area contributed by atoms with Crippen LogP contribution in [0.15, 0.2) is 152 Å². The molecule has 9 aromatic rings. The van der Waals surface area contributed by atoms with E-state index in [1.165, 1.54) is 18.2 Å². The highest BCUT2D eigenvalue weighted by atomic mass is 16.5. The van der Waals surface area contributed by atoms with Gasteiger partial charge in [-0.15, -0.1) is 0 Å². The fourth-order valence-electron chi connectivity index (χ4n) is 8.73. The molecule has 2 aliphatic heterocycles. The molecule has 0 atom stereocenters. The molecule has 5 N–H and O–H groups in total. The largest absolute Gasteiger partial charge is 0.457 e. The molecule has 2 saturated heterocycles. The molecule has 2 fully saturated rings. The van der Waals surface area contributed by atoms with Crippen molar-refractivity contribution < 1.29 is 9.47 Å². The zero-order valence-corrected chi connectivity index (χ0v) is 35.9. The van der Waals surface area contributed by atoms with E-state index in [0.717, 1.165) is 126 Å². The smallest absolute Gasteiger partial charge is 0.164 e. The molecule has 0 saturated carbocycles. The third-order valence-corrected chi connectivity index (χ3v) is 12.1. The number of ether oxygens (including phenoxy) is 2. The van der Waals surface area contributed by atoms with E-state index in [1.807, 2.05) is 114 Å². The van der Waals surface area contributed by atoms with Gasteiger partial charge in [0.15, 0.2) is 11.3 Å². The Balaban J connectivity index is 0.000000157. The quantitative estimate of drug-likeness (QED) is 0.119. The van der Waals surface area contributed by atoms with Gasteiger partial charge in [0.1, 0.15) is 58.7 Å². The fraction of sp³-hybridized carbons (Fsp3) is 0.216. The van der Waals surface area contributed by atoms with Crippen LogP contribution < -0.4 is 26.3 Å². The molecule has 0 spiro atoms. The summed E-state index contributed by atoms with van der Waals surface area (Å²) in [5.41, 5.74) is 19.0. The number of anilines is 2. The van der Waals surface area contributed by atoms with Crippen molar-refractivity contribution in [1.29, 1.82) is 0 Å². The Kier molecular flexibility index (Phi) is 12.1. The molecule has 0 bridgehead atoms. The van der Waals surface area contributed by atoms with Crippen LogP contribution in [0.25, 0.3) is 44.6 Å². The van der Waals surface area contributed by atoms with Crippen LogP contribution in [-0.4, -0.2) is 70.6 Å². The number of nitrogens with zero attached hydrogens (tertiary/aromatic N) is 9. The van der Waals surface area contributed by atoms with Gasteiger partial charge in [-0.05, 0) is 117 Å². The van der Waals surface area contributed by atoms with Crippen LogP contribution in [0.2, 0.25) is 0 Å². The summed E-state index contributed by atoms with van der Waals surface area (Å²) in [5, 5.41) is 15.0. The van der Waals surface area contributed by atoms with Crippen molar-refractivity contribution in [2.75, 3.05) is 37.6 Å². The molecule has 11 rings (SSSR count). The summed E-state index contributed by atoms with van der Waals surface area (Å²) in [4.78, 5) is 20.1. The lowest BCUT2D eigenvalue weighted by Gasteiger charge is -2.32. The predicted octanol–water partition coefficient (Wildman–Crippen LogP) is 9.50. The van der Waals surface area contributed by atoms with Crippen LogP contribution in [0, 0.1) is 0 Å². The van der Waals surface area contributed by atoms with Crippen molar-refractivity contribution in [3.63, 3.8) is 0 Å². The topological polar surface area (TPSA) is 173 Å². The number of hydrogen-bond acceptors (Lipinski definition) is 12.